The lowest BCUT2D eigenvalue weighted by Crippen LogP contribution is -2.59. The summed E-state index contributed by atoms with van der Waals surface area (Å²) in [5.74, 6) is 0. The van der Waals surface area contributed by atoms with E-state index in [0.717, 1.165) is 44.4 Å². The van der Waals surface area contributed by atoms with Crippen molar-refractivity contribution in [3.05, 3.63) is 0 Å². The van der Waals surface area contributed by atoms with Crippen LogP contribution in [0, 0.1) is 0 Å². The van der Waals surface area contributed by atoms with Gasteiger partial charge in [-0.1, -0.05) is 51.9 Å². The molecule has 0 radical (unpaired) electrons. The van der Waals surface area contributed by atoms with E-state index in [4.69, 9.17) is 26.9 Å². The fraction of sp³-hybridized carbons (Fsp3) is 1.00. The summed E-state index contributed by atoms with van der Waals surface area (Å²) in [6.45, 7) is 17.5. The van der Waals surface area contributed by atoms with Gasteiger partial charge in [-0.3, -0.25) is 0 Å². The standard InChI is InChI=1S/C22H56N2O5Si4/c1-10-11-12-13-14-16-21-33(28-31(6,7)26-3,22-17-15-19-24-20-18-23)29-32(8,9)27-30(4,5)25-2/h24H,10-23H2,1-9H3. The molecule has 1 unspecified atom stereocenters. The minimum atomic E-state index is -2.55. The van der Waals surface area contributed by atoms with Crippen LogP contribution in [-0.4, -0.2) is 68.1 Å². The molecule has 7 nitrogen and oxygen atoms in total. The van der Waals surface area contributed by atoms with Crippen LogP contribution in [0.2, 0.25) is 51.4 Å². The highest BCUT2D eigenvalue weighted by Crippen LogP contribution is 2.33. The van der Waals surface area contributed by atoms with Crippen LogP contribution in [0.4, 0.5) is 0 Å². The molecule has 0 heterocycles. The van der Waals surface area contributed by atoms with Crippen molar-refractivity contribution in [2.24, 2.45) is 5.73 Å². The maximum atomic E-state index is 7.06. The lowest BCUT2D eigenvalue weighted by Gasteiger charge is -2.43. The van der Waals surface area contributed by atoms with E-state index in [1.54, 1.807) is 14.2 Å². The molecule has 0 rings (SSSR count). The van der Waals surface area contributed by atoms with Crippen molar-refractivity contribution in [1.29, 1.82) is 0 Å². The SMILES string of the molecule is CCCCCCCC[Si](CCCCNCCN)(O[Si](C)(C)OC)O[Si](C)(C)O[Si](C)(C)OC. The van der Waals surface area contributed by atoms with Gasteiger partial charge in [-0.15, -0.1) is 0 Å². The van der Waals surface area contributed by atoms with Crippen LogP contribution in [0.5, 0.6) is 0 Å². The molecule has 0 aromatic carbocycles. The van der Waals surface area contributed by atoms with Crippen LogP contribution in [0.1, 0.15) is 58.3 Å². The molecule has 0 bridgehead atoms. The number of hydrogen-bond acceptors (Lipinski definition) is 7. The first-order valence-corrected chi connectivity index (χ1v) is 23.7. The van der Waals surface area contributed by atoms with E-state index in [1.165, 1.54) is 32.1 Å². The lowest BCUT2D eigenvalue weighted by molar-refractivity contribution is 0.237. The van der Waals surface area contributed by atoms with Crippen LogP contribution in [0.25, 0.3) is 0 Å². The Hall–Kier alpha value is 0.588. The Bertz CT molecular complexity index is 483. The van der Waals surface area contributed by atoms with Crippen LogP contribution in [-0.2, 0) is 21.2 Å². The Kier molecular flexibility index (Phi) is 17.4. The Balaban J connectivity index is 5.53. The number of rotatable bonds is 22. The van der Waals surface area contributed by atoms with Crippen molar-refractivity contribution in [3.63, 3.8) is 0 Å². The summed E-state index contributed by atoms with van der Waals surface area (Å²) in [4.78, 5) is 0. The molecular weight excluding hydrogens is 485 g/mol. The number of hydrogen-bond donors (Lipinski definition) is 2. The first-order chi connectivity index (χ1) is 15.4. The predicted octanol–water partition coefficient (Wildman–Crippen LogP) is 5.57. The molecule has 11 heteroatoms. The average Bonchev–Trinajstić information content (AvgIpc) is 2.71. The van der Waals surface area contributed by atoms with Crippen LogP contribution in [0.15, 0.2) is 0 Å². The highest BCUT2D eigenvalue weighted by Gasteiger charge is 2.49. The van der Waals surface area contributed by atoms with Crippen LogP contribution in [0.3, 0.4) is 0 Å². The van der Waals surface area contributed by atoms with Crippen molar-refractivity contribution in [3.8, 4) is 0 Å². The van der Waals surface area contributed by atoms with E-state index in [0.29, 0.717) is 6.54 Å². The third kappa shape index (κ3) is 16.8. The van der Waals surface area contributed by atoms with Crippen molar-refractivity contribution in [2.75, 3.05) is 33.9 Å². The van der Waals surface area contributed by atoms with Gasteiger partial charge in [0.25, 0.3) is 0 Å². The van der Waals surface area contributed by atoms with E-state index in [2.05, 4.69) is 51.5 Å². The van der Waals surface area contributed by atoms with Gasteiger partial charge in [-0.25, -0.2) is 0 Å². The molecule has 0 aliphatic rings. The molecule has 0 spiro atoms. The largest absolute Gasteiger partial charge is 0.416 e. The number of nitrogens with one attached hydrogen (secondary N) is 1. The second kappa shape index (κ2) is 17.1. The second-order valence-corrected chi connectivity index (χ2v) is 24.8. The molecule has 1 atom stereocenters. The normalized spacial score (nSPS) is 15.1. The number of unbranched alkanes of at least 4 members (excludes halogenated alkanes) is 6. The van der Waals surface area contributed by atoms with Gasteiger partial charge in [-0.05, 0) is 64.3 Å². The van der Waals surface area contributed by atoms with Gasteiger partial charge >= 0.3 is 34.2 Å². The van der Waals surface area contributed by atoms with E-state index >= 15 is 0 Å². The molecule has 3 N–H and O–H groups in total. The fourth-order valence-electron chi connectivity index (χ4n) is 3.99. The molecule has 0 aliphatic carbocycles. The fourth-order valence-corrected chi connectivity index (χ4v) is 21.1. The molecule has 200 valence electrons. The van der Waals surface area contributed by atoms with Gasteiger partial charge < -0.3 is 32.2 Å². The summed E-state index contributed by atoms with van der Waals surface area (Å²) >= 11 is 0. The minimum Gasteiger partial charge on any atom is -0.416 e. The van der Waals surface area contributed by atoms with Crippen LogP contribution < -0.4 is 11.1 Å². The van der Waals surface area contributed by atoms with Crippen molar-refractivity contribution >= 4 is 34.2 Å². The molecule has 0 aromatic rings. The van der Waals surface area contributed by atoms with E-state index in [1.807, 2.05) is 0 Å². The summed E-state index contributed by atoms with van der Waals surface area (Å²) in [6.07, 6.45) is 9.73. The predicted molar refractivity (Wildman–Crippen MR) is 150 cm³/mol. The molecule has 33 heavy (non-hydrogen) atoms. The van der Waals surface area contributed by atoms with Gasteiger partial charge in [-0.2, -0.15) is 0 Å². The Labute approximate surface area is 209 Å². The molecule has 0 saturated carbocycles. The second-order valence-electron chi connectivity index (χ2n) is 10.3. The van der Waals surface area contributed by atoms with Gasteiger partial charge in [0.05, 0.1) is 0 Å². The summed E-state index contributed by atoms with van der Waals surface area (Å²) < 4.78 is 32.1. The smallest absolute Gasteiger partial charge is 0.322 e. The topological polar surface area (TPSA) is 84.2 Å². The number of nitrogens with two attached hydrogens (primary N) is 1. The Morgan fingerprint density at radius 2 is 1.09 bits per heavy atom. The maximum Gasteiger partial charge on any atom is 0.322 e. The summed E-state index contributed by atoms with van der Waals surface area (Å²) in [7, 11) is -6.02. The molecular formula is C22H56N2O5Si4. The zero-order valence-corrected chi connectivity index (χ0v) is 27.3. The van der Waals surface area contributed by atoms with Crippen LogP contribution >= 0.6 is 0 Å². The van der Waals surface area contributed by atoms with Gasteiger partial charge in [0.2, 0.25) is 0 Å². The molecule has 0 aliphatic heterocycles. The lowest BCUT2D eigenvalue weighted by atomic mass is 10.1. The molecule has 0 amide bonds. The third-order valence-electron chi connectivity index (χ3n) is 5.73. The Morgan fingerprint density at radius 3 is 1.64 bits per heavy atom. The molecule has 0 saturated heterocycles. The quantitative estimate of drug-likeness (QED) is 0.137. The highest BCUT2D eigenvalue weighted by molar-refractivity contribution is 6.88. The van der Waals surface area contributed by atoms with E-state index < -0.39 is 34.2 Å². The Morgan fingerprint density at radius 1 is 0.606 bits per heavy atom. The summed E-state index contributed by atoms with van der Waals surface area (Å²) in [6, 6.07) is 1.98. The van der Waals surface area contributed by atoms with Crippen molar-refractivity contribution in [1.82, 2.24) is 5.32 Å². The van der Waals surface area contributed by atoms with Crippen molar-refractivity contribution in [2.45, 2.75) is 110 Å². The minimum absolute atomic E-state index is 0.673. The van der Waals surface area contributed by atoms with Gasteiger partial charge in [0.1, 0.15) is 0 Å². The zero-order valence-electron chi connectivity index (χ0n) is 23.3. The van der Waals surface area contributed by atoms with Crippen molar-refractivity contribution < 1.29 is 21.2 Å². The summed E-state index contributed by atoms with van der Waals surface area (Å²) in [5, 5.41) is 3.41. The van der Waals surface area contributed by atoms with Gasteiger partial charge in [0, 0.05) is 27.3 Å². The monoisotopic (exact) mass is 540 g/mol. The maximum absolute atomic E-state index is 7.06. The molecule has 0 fully saturated rings. The molecule has 0 aromatic heterocycles. The van der Waals surface area contributed by atoms with E-state index in [9.17, 15) is 0 Å². The average molecular weight is 541 g/mol. The first kappa shape index (κ1) is 33.6. The first-order valence-electron chi connectivity index (χ1n) is 13.0. The highest BCUT2D eigenvalue weighted by atomic mass is 28.5. The zero-order chi connectivity index (χ0) is 25.4. The summed E-state index contributed by atoms with van der Waals surface area (Å²) in [5.41, 5.74) is 5.61. The van der Waals surface area contributed by atoms with E-state index in [-0.39, 0.29) is 0 Å². The third-order valence-corrected chi connectivity index (χ3v) is 20.8. The van der Waals surface area contributed by atoms with Gasteiger partial charge in [0.15, 0.2) is 0 Å².